The van der Waals surface area contributed by atoms with Crippen molar-refractivity contribution in [3.8, 4) is 11.1 Å². The number of nitrogen functional groups attached to an aromatic ring is 1. The Morgan fingerprint density at radius 3 is 2.62 bits per heavy atom. The molecule has 0 unspecified atom stereocenters. The van der Waals surface area contributed by atoms with Gasteiger partial charge in [-0.15, -0.1) is 0 Å². The van der Waals surface area contributed by atoms with Crippen LogP contribution in [0.5, 0.6) is 0 Å². The lowest BCUT2D eigenvalue weighted by atomic mass is 10.00. The van der Waals surface area contributed by atoms with E-state index in [2.05, 4.69) is 12.0 Å². The van der Waals surface area contributed by atoms with Crippen molar-refractivity contribution in [2.45, 2.75) is 32.4 Å². The molecule has 0 radical (unpaired) electrons. The van der Waals surface area contributed by atoms with Crippen molar-refractivity contribution in [1.82, 2.24) is 9.78 Å². The number of hydrogen-bond acceptors (Lipinski definition) is 2. The summed E-state index contributed by atoms with van der Waals surface area (Å²) in [7, 11) is 1.70. The maximum Gasteiger partial charge on any atom is 0.416 e. The van der Waals surface area contributed by atoms with Gasteiger partial charge in [-0.05, 0) is 30.5 Å². The fourth-order valence-electron chi connectivity index (χ4n) is 2.28. The van der Waals surface area contributed by atoms with Crippen molar-refractivity contribution in [3.05, 3.63) is 35.5 Å². The summed E-state index contributed by atoms with van der Waals surface area (Å²) in [6.45, 7) is 2.05. The van der Waals surface area contributed by atoms with Gasteiger partial charge in [-0.3, -0.25) is 4.68 Å². The molecule has 114 valence electrons. The summed E-state index contributed by atoms with van der Waals surface area (Å²) in [6.07, 6.45) is -1.76. The lowest BCUT2D eigenvalue weighted by Gasteiger charge is -2.09. The minimum Gasteiger partial charge on any atom is -0.383 e. The molecule has 0 aliphatic heterocycles. The fraction of sp³-hybridized carbons (Fsp3) is 0.400. The molecule has 2 rings (SSSR count). The van der Waals surface area contributed by atoms with Crippen LogP contribution in [-0.2, 0) is 19.6 Å². The van der Waals surface area contributed by atoms with E-state index in [-0.39, 0.29) is 0 Å². The Kier molecular flexibility index (Phi) is 4.25. The molecule has 0 saturated heterocycles. The van der Waals surface area contributed by atoms with Crippen LogP contribution in [0.15, 0.2) is 24.3 Å². The number of rotatable bonds is 4. The van der Waals surface area contributed by atoms with Crippen molar-refractivity contribution >= 4 is 5.82 Å². The Morgan fingerprint density at radius 2 is 2.00 bits per heavy atom. The fourth-order valence-corrected chi connectivity index (χ4v) is 2.28. The highest BCUT2D eigenvalue weighted by Gasteiger charge is 2.31. The van der Waals surface area contributed by atoms with Gasteiger partial charge in [0.2, 0.25) is 0 Å². The van der Waals surface area contributed by atoms with Crippen LogP contribution in [0.4, 0.5) is 19.0 Å². The summed E-state index contributed by atoms with van der Waals surface area (Å²) in [5, 5.41) is 4.33. The minimum absolute atomic E-state index is 0.389. The molecule has 1 aromatic heterocycles. The highest BCUT2D eigenvalue weighted by molar-refractivity contribution is 5.77. The van der Waals surface area contributed by atoms with Crippen LogP contribution in [-0.4, -0.2) is 9.78 Å². The quantitative estimate of drug-likeness (QED) is 0.926. The second-order valence-corrected chi connectivity index (χ2v) is 5.01. The molecule has 2 N–H and O–H groups in total. The number of hydrogen-bond donors (Lipinski definition) is 1. The van der Waals surface area contributed by atoms with E-state index < -0.39 is 11.7 Å². The van der Waals surface area contributed by atoms with Crippen LogP contribution in [0.2, 0.25) is 0 Å². The molecule has 1 heterocycles. The third kappa shape index (κ3) is 3.20. The van der Waals surface area contributed by atoms with Crippen molar-refractivity contribution in [3.63, 3.8) is 0 Å². The number of nitrogens with two attached hydrogens (primary N) is 1. The zero-order valence-electron chi connectivity index (χ0n) is 12.0. The zero-order valence-corrected chi connectivity index (χ0v) is 12.0. The molecule has 2 aromatic rings. The summed E-state index contributed by atoms with van der Waals surface area (Å²) in [6, 6.07) is 5.22. The lowest BCUT2D eigenvalue weighted by molar-refractivity contribution is -0.137. The molecule has 3 nitrogen and oxygen atoms in total. The van der Waals surface area contributed by atoms with Crippen LogP contribution in [0, 0.1) is 0 Å². The number of unbranched alkanes of at least 4 members (excludes halogenated alkanes) is 1. The monoisotopic (exact) mass is 297 g/mol. The summed E-state index contributed by atoms with van der Waals surface area (Å²) in [4.78, 5) is 0. The molecule has 0 bridgehead atoms. The number of halogens is 3. The zero-order chi connectivity index (χ0) is 15.6. The van der Waals surface area contributed by atoms with Gasteiger partial charge in [0.05, 0.1) is 11.3 Å². The molecule has 0 saturated carbocycles. The topological polar surface area (TPSA) is 43.8 Å². The van der Waals surface area contributed by atoms with E-state index in [0.29, 0.717) is 23.4 Å². The Bertz CT molecular complexity index is 630. The third-order valence-corrected chi connectivity index (χ3v) is 3.41. The van der Waals surface area contributed by atoms with E-state index in [1.807, 2.05) is 0 Å². The van der Waals surface area contributed by atoms with E-state index in [9.17, 15) is 13.2 Å². The standard InChI is InChI=1S/C15H18F3N3/c1-3-4-8-12-13(14(19)21(2)20-12)10-6-5-7-11(9-10)15(16,17)18/h5-7,9H,3-4,8,19H2,1-2H3. The minimum atomic E-state index is -4.36. The molecule has 0 amide bonds. The predicted octanol–water partition coefficient (Wildman–Crippen LogP) is 4.03. The summed E-state index contributed by atoms with van der Waals surface area (Å²) < 4.78 is 40.0. The van der Waals surface area contributed by atoms with Crippen molar-refractivity contribution in [1.29, 1.82) is 0 Å². The summed E-state index contributed by atoms with van der Waals surface area (Å²) >= 11 is 0. The van der Waals surface area contributed by atoms with Crippen molar-refractivity contribution in [2.75, 3.05) is 5.73 Å². The lowest BCUT2D eigenvalue weighted by Crippen LogP contribution is -2.05. The molecule has 0 aliphatic carbocycles. The molecule has 6 heteroatoms. The van der Waals surface area contributed by atoms with Gasteiger partial charge in [-0.1, -0.05) is 25.5 Å². The van der Waals surface area contributed by atoms with Crippen LogP contribution in [0.25, 0.3) is 11.1 Å². The smallest absolute Gasteiger partial charge is 0.383 e. The molecule has 0 fully saturated rings. The Balaban J connectivity index is 2.51. The Morgan fingerprint density at radius 1 is 1.29 bits per heavy atom. The van der Waals surface area contributed by atoms with Crippen molar-refractivity contribution in [2.24, 2.45) is 7.05 Å². The first-order valence-corrected chi connectivity index (χ1v) is 6.83. The number of aryl methyl sites for hydroxylation is 2. The van der Waals surface area contributed by atoms with Gasteiger partial charge < -0.3 is 5.73 Å². The largest absolute Gasteiger partial charge is 0.416 e. The SMILES string of the molecule is CCCCc1nn(C)c(N)c1-c1cccc(C(F)(F)F)c1. The second-order valence-electron chi connectivity index (χ2n) is 5.01. The summed E-state index contributed by atoms with van der Waals surface area (Å²) in [5.74, 6) is 0.389. The van der Waals surface area contributed by atoms with Crippen LogP contribution < -0.4 is 5.73 Å². The van der Waals surface area contributed by atoms with Gasteiger partial charge in [-0.2, -0.15) is 18.3 Å². The first kappa shape index (κ1) is 15.4. The molecular weight excluding hydrogens is 279 g/mol. The van der Waals surface area contributed by atoms with E-state index >= 15 is 0 Å². The van der Waals surface area contributed by atoms with Gasteiger partial charge >= 0.3 is 6.18 Å². The van der Waals surface area contributed by atoms with Gasteiger partial charge in [0.15, 0.2) is 0 Å². The van der Waals surface area contributed by atoms with Crippen LogP contribution >= 0.6 is 0 Å². The number of anilines is 1. The van der Waals surface area contributed by atoms with Crippen molar-refractivity contribution < 1.29 is 13.2 Å². The Hall–Kier alpha value is -1.98. The number of nitrogens with zero attached hydrogens (tertiary/aromatic N) is 2. The van der Waals surface area contributed by atoms with Gasteiger partial charge in [0.25, 0.3) is 0 Å². The highest BCUT2D eigenvalue weighted by atomic mass is 19.4. The second kappa shape index (κ2) is 5.79. The molecule has 1 aromatic carbocycles. The number of benzene rings is 1. The maximum absolute atomic E-state index is 12.8. The first-order chi connectivity index (χ1) is 9.84. The molecular formula is C15H18F3N3. The predicted molar refractivity (Wildman–Crippen MR) is 76.7 cm³/mol. The molecule has 0 aliphatic rings. The van der Waals surface area contributed by atoms with E-state index in [4.69, 9.17) is 5.73 Å². The van der Waals surface area contributed by atoms with Gasteiger partial charge in [0.1, 0.15) is 5.82 Å². The third-order valence-electron chi connectivity index (χ3n) is 3.41. The Labute approximate surface area is 121 Å². The number of aromatic nitrogens is 2. The highest BCUT2D eigenvalue weighted by Crippen LogP contribution is 2.35. The van der Waals surface area contributed by atoms with E-state index in [0.717, 1.165) is 30.7 Å². The van der Waals surface area contributed by atoms with Crippen LogP contribution in [0.1, 0.15) is 31.0 Å². The average molecular weight is 297 g/mol. The van der Waals surface area contributed by atoms with Gasteiger partial charge in [-0.25, -0.2) is 0 Å². The average Bonchev–Trinajstić information content (AvgIpc) is 2.71. The van der Waals surface area contributed by atoms with E-state index in [1.54, 1.807) is 13.1 Å². The van der Waals surface area contributed by atoms with E-state index in [1.165, 1.54) is 10.7 Å². The van der Waals surface area contributed by atoms with Gasteiger partial charge in [0, 0.05) is 12.6 Å². The molecule has 21 heavy (non-hydrogen) atoms. The maximum atomic E-state index is 12.8. The number of alkyl halides is 3. The molecule has 0 atom stereocenters. The first-order valence-electron chi connectivity index (χ1n) is 6.83. The molecule has 0 spiro atoms. The van der Waals surface area contributed by atoms with Crippen LogP contribution in [0.3, 0.4) is 0 Å². The summed E-state index contributed by atoms with van der Waals surface area (Å²) in [5.41, 5.74) is 7.12. The normalized spacial score (nSPS) is 11.9.